The number of thioether (sulfide) groups is 1. The van der Waals surface area contributed by atoms with Crippen LogP contribution in [0.15, 0.2) is 29.2 Å². The predicted molar refractivity (Wildman–Crippen MR) is 72.1 cm³/mol. The zero-order chi connectivity index (χ0) is 13.5. The summed E-state index contributed by atoms with van der Waals surface area (Å²) in [6, 6.07) is 7.37. The SMILES string of the molecule is CCN(CCC(=O)O)C(=O)c1ccccc1SC. The molecule has 18 heavy (non-hydrogen) atoms. The summed E-state index contributed by atoms with van der Waals surface area (Å²) < 4.78 is 0. The molecule has 0 bridgehead atoms. The van der Waals surface area contributed by atoms with Gasteiger partial charge in [0.1, 0.15) is 0 Å². The molecule has 1 N–H and O–H groups in total. The molecule has 0 aromatic heterocycles. The van der Waals surface area contributed by atoms with Crippen LogP contribution in [0.3, 0.4) is 0 Å². The third kappa shape index (κ3) is 3.77. The zero-order valence-electron chi connectivity index (χ0n) is 10.5. The maximum atomic E-state index is 12.3. The highest BCUT2D eigenvalue weighted by atomic mass is 32.2. The number of benzene rings is 1. The Morgan fingerprint density at radius 3 is 2.56 bits per heavy atom. The lowest BCUT2D eigenvalue weighted by Crippen LogP contribution is -2.33. The van der Waals surface area contributed by atoms with Gasteiger partial charge < -0.3 is 10.0 Å². The predicted octanol–water partition coefficient (Wildman–Crippen LogP) is 2.35. The molecule has 0 aliphatic rings. The smallest absolute Gasteiger partial charge is 0.305 e. The van der Waals surface area contributed by atoms with Crippen LogP contribution in [0.5, 0.6) is 0 Å². The van der Waals surface area contributed by atoms with Crippen LogP contribution in [-0.2, 0) is 4.79 Å². The van der Waals surface area contributed by atoms with Crippen LogP contribution in [0, 0.1) is 0 Å². The number of rotatable bonds is 6. The molecule has 0 heterocycles. The normalized spacial score (nSPS) is 10.1. The number of carboxylic acids is 1. The fraction of sp³-hybridized carbons (Fsp3) is 0.385. The van der Waals surface area contributed by atoms with Crippen LogP contribution in [0.4, 0.5) is 0 Å². The van der Waals surface area contributed by atoms with E-state index in [1.807, 2.05) is 31.4 Å². The van der Waals surface area contributed by atoms with Crippen molar-refractivity contribution in [2.45, 2.75) is 18.2 Å². The summed E-state index contributed by atoms with van der Waals surface area (Å²) in [6.07, 6.45) is 1.89. The Morgan fingerprint density at radius 2 is 2.00 bits per heavy atom. The van der Waals surface area contributed by atoms with Crippen LogP contribution in [-0.4, -0.2) is 41.2 Å². The molecule has 1 aromatic rings. The van der Waals surface area contributed by atoms with Gasteiger partial charge in [0.2, 0.25) is 0 Å². The van der Waals surface area contributed by atoms with Gasteiger partial charge in [-0.05, 0) is 25.3 Å². The topological polar surface area (TPSA) is 57.6 Å². The second kappa shape index (κ2) is 7.06. The Labute approximate surface area is 111 Å². The first kappa shape index (κ1) is 14.6. The van der Waals surface area contributed by atoms with E-state index in [1.165, 1.54) is 11.8 Å². The van der Waals surface area contributed by atoms with Crippen molar-refractivity contribution in [1.82, 2.24) is 4.90 Å². The number of amides is 1. The van der Waals surface area contributed by atoms with Crippen molar-refractivity contribution < 1.29 is 14.7 Å². The van der Waals surface area contributed by atoms with Gasteiger partial charge in [0.05, 0.1) is 12.0 Å². The maximum absolute atomic E-state index is 12.3. The lowest BCUT2D eigenvalue weighted by Gasteiger charge is -2.21. The molecule has 0 spiro atoms. The van der Waals surface area contributed by atoms with Gasteiger partial charge in [-0.2, -0.15) is 0 Å². The van der Waals surface area contributed by atoms with E-state index < -0.39 is 5.97 Å². The minimum Gasteiger partial charge on any atom is -0.481 e. The van der Waals surface area contributed by atoms with E-state index in [2.05, 4.69) is 0 Å². The summed E-state index contributed by atoms with van der Waals surface area (Å²) in [4.78, 5) is 25.3. The largest absolute Gasteiger partial charge is 0.481 e. The van der Waals surface area contributed by atoms with Crippen LogP contribution in [0.1, 0.15) is 23.7 Å². The molecular weight excluding hydrogens is 250 g/mol. The second-order valence-corrected chi connectivity index (χ2v) is 4.58. The van der Waals surface area contributed by atoms with Gasteiger partial charge in [0, 0.05) is 18.0 Å². The van der Waals surface area contributed by atoms with E-state index in [1.54, 1.807) is 11.0 Å². The van der Waals surface area contributed by atoms with Crippen molar-refractivity contribution in [3.63, 3.8) is 0 Å². The highest BCUT2D eigenvalue weighted by molar-refractivity contribution is 7.98. The summed E-state index contributed by atoms with van der Waals surface area (Å²) >= 11 is 1.51. The van der Waals surface area contributed by atoms with Crippen molar-refractivity contribution in [1.29, 1.82) is 0 Å². The molecule has 0 saturated carbocycles. The van der Waals surface area contributed by atoms with Crippen LogP contribution < -0.4 is 0 Å². The van der Waals surface area contributed by atoms with Crippen LogP contribution >= 0.6 is 11.8 Å². The fourth-order valence-electron chi connectivity index (χ4n) is 1.63. The highest BCUT2D eigenvalue weighted by Gasteiger charge is 2.17. The number of carbonyl (C=O) groups is 2. The summed E-state index contributed by atoms with van der Waals surface area (Å²) in [6.45, 7) is 2.60. The molecule has 5 heteroatoms. The molecule has 0 aliphatic heterocycles. The standard InChI is InChI=1S/C13H17NO3S/c1-3-14(9-8-12(15)16)13(17)10-6-4-5-7-11(10)18-2/h4-7H,3,8-9H2,1-2H3,(H,15,16). The van der Waals surface area contributed by atoms with Crippen molar-refractivity contribution in [2.24, 2.45) is 0 Å². The molecule has 0 aliphatic carbocycles. The first-order chi connectivity index (χ1) is 8.60. The lowest BCUT2D eigenvalue weighted by atomic mass is 10.2. The fourth-order valence-corrected chi connectivity index (χ4v) is 2.22. The zero-order valence-corrected chi connectivity index (χ0v) is 11.4. The Bertz CT molecular complexity index is 434. The average molecular weight is 267 g/mol. The van der Waals surface area contributed by atoms with Crippen molar-refractivity contribution in [3.05, 3.63) is 29.8 Å². The summed E-state index contributed by atoms with van der Waals surface area (Å²) in [7, 11) is 0. The van der Waals surface area contributed by atoms with Gasteiger partial charge in [-0.1, -0.05) is 12.1 Å². The molecule has 98 valence electrons. The van der Waals surface area contributed by atoms with Gasteiger partial charge in [0.15, 0.2) is 0 Å². The van der Waals surface area contributed by atoms with Gasteiger partial charge in [-0.15, -0.1) is 11.8 Å². The van der Waals surface area contributed by atoms with Gasteiger partial charge >= 0.3 is 5.97 Å². The molecule has 4 nitrogen and oxygen atoms in total. The lowest BCUT2D eigenvalue weighted by molar-refractivity contribution is -0.137. The third-order valence-electron chi connectivity index (χ3n) is 2.60. The molecule has 1 aromatic carbocycles. The first-order valence-corrected chi connectivity index (χ1v) is 6.96. The Morgan fingerprint density at radius 1 is 1.33 bits per heavy atom. The molecule has 0 saturated heterocycles. The molecule has 0 unspecified atom stereocenters. The summed E-state index contributed by atoms with van der Waals surface area (Å²) in [5, 5.41) is 8.67. The van der Waals surface area contributed by atoms with Gasteiger partial charge in [-0.3, -0.25) is 9.59 Å². The molecule has 0 radical (unpaired) electrons. The quantitative estimate of drug-likeness (QED) is 0.804. The van der Waals surface area contributed by atoms with E-state index in [4.69, 9.17) is 5.11 Å². The highest BCUT2D eigenvalue weighted by Crippen LogP contribution is 2.21. The number of hydrogen-bond donors (Lipinski definition) is 1. The molecule has 0 fully saturated rings. The molecular formula is C13H17NO3S. The number of carbonyl (C=O) groups excluding carboxylic acids is 1. The van der Waals surface area contributed by atoms with E-state index >= 15 is 0 Å². The summed E-state index contributed by atoms with van der Waals surface area (Å²) in [5.41, 5.74) is 0.636. The van der Waals surface area contributed by atoms with Crippen molar-refractivity contribution >= 4 is 23.6 Å². The first-order valence-electron chi connectivity index (χ1n) is 5.74. The third-order valence-corrected chi connectivity index (χ3v) is 3.40. The maximum Gasteiger partial charge on any atom is 0.305 e. The molecule has 0 atom stereocenters. The summed E-state index contributed by atoms with van der Waals surface area (Å²) in [5.74, 6) is -0.997. The minimum absolute atomic E-state index is 0.0268. The number of hydrogen-bond acceptors (Lipinski definition) is 3. The molecule has 1 rings (SSSR count). The van der Waals surface area contributed by atoms with E-state index in [9.17, 15) is 9.59 Å². The van der Waals surface area contributed by atoms with Crippen molar-refractivity contribution in [2.75, 3.05) is 19.3 Å². The van der Waals surface area contributed by atoms with E-state index in [0.717, 1.165) is 4.90 Å². The van der Waals surface area contributed by atoms with Crippen molar-refractivity contribution in [3.8, 4) is 0 Å². The van der Waals surface area contributed by atoms with Crippen LogP contribution in [0.2, 0.25) is 0 Å². The minimum atomic E-state index is -0.889. The average Bonchev–Trinajstić information content (AvgIpc) is 2.38. The van der Waals surface area contributed by atoms with Gasteiger partial charge in [-0.25, -0.2) is 0 Å². The molecule has 1 amide bonds. The van der Waals surface area contributed by atoms with E-state index in [-0.39, 0.29) is 18.9 Å². The Hall–Kier alpha value is -1.49. The number of aliphatic carboxylic acids is 1. The van der Waals surface area contributed by atoms with E-state index in [0.29, 0.717) is 12.1 Å². The van der Waals surface area contributed by atoms with Gasteiger partial charge in [0.25, 0.3) is 5.91 Å². The second-order valence-electron chi connectivity index (χ2n) is 3.73. The van der Waals surface area contributed by atoms with Crippen LogP contribution in [0.25, 0.3) is 0 Å². The monoisotopic (exact) mass is 267 g/mol. The number of nitrogens with zero attached hydrogens (tertiary/aromatic N) is 1. The Balaban J connectivity index is 2.86. The Kier molecular flexibility index (Phi) is 5.71. The number of carboxylic acid groups (broad SMARTS) is 1.